The highest BCUT2D eigenvalue weighted by molar-refractivity contribution is 6.32. The average molecular weight is 622 g/mol. The molecule has 1 aliphatic rings. The van der Waals surface area contributed by atoms with E-state index in [1.165, 1.54) is 30.3 Å². The number of aromatic amines is 1. The Kier molecular flexibility index (Phi) is 9.13. The fraction of sp³-hybridized carbons (Fsp3) is 0.179. The molecule has 0 unspecified atom stereocenters. The molecule has 15 heteroatoms. The molecule has 0 saturated heterocycles. The Balaban J connectivity index is 1.57. The number of rotatable bonds is 5. The number of carbonyl (C=O) groups excluding carboxylic acids is 3. The fourth-order valence-corrected chi connectivity index (χ4v) is 4.81. The third-order valence-corrected chi connectivity index (χ3v) is 6.81. The Morgan fingerprint density at radius 3 is 2.67 bits per heavy atom. The smallest absolute Gasteiger partial charge is 0.411 e. The summed E-state index contributed by atoms with van der Waals surface area (Å²) in [7, 11) is 1.22. The van der Waals surface area contributed by atoms with Crippen LogP contribution in [0, 0.1) is 0 Å². The van der Waals surface area contributed by atoms with Crippen LogP contribution in [0.25, 0.3) is 23.0 Å². The number of H-pyrrole nitrogens is 1. The van der Waals surface area contributed by atoms with E-state index in [4.69, 9.17) is 27.9 Å². The maximum atomic E-state index is 13.3. The molecule has 3 amide bonds. The van der Waals surface area contributed by atoms with Gasteiger partial charge in [0.05, 0.1) is 29.7 Å². The van der Waals surface area contributed by atoms with Crippen LogP contribution < -0.4 is 16.0 Å². The van der Waals surface area contributed by atoms with Gasteiger partial charge in [-0.25, -0.2) is 9.78 Å². The Hall–Kier alpha value is -5.01. The van der Waals surface area contributed by atoms with Crippen molar-refractivity contribution in [1.82, 2.24) is 30.2 Å². The molecule has 0 fully saturated rings. The number of nitrogens with one attached hydrogen (secondary N) is 4. The molecule has 43 heavy (non-hydrogen) atoms. The maximum absolute atomic E-state index is 13.3. The van der Waals surface area contributed by atoms with Crippen LogP contribution in [0.15, 0.2) is 54.9 Å². The maximum Gasteiger partial charge on any atom is 0.411 e. The van der Waals surface area contributed by atoms with Gasteiger partial charge in [-0.2, -0.15) is 4.68 Å². The minimum absolute atomic E-state index is 0.219. The van der Waals surface area contributed by atoms with E-state index in [1.807, 2.05) is 12.2 Å². The van der Waals surface area contributed by atoms with Crippen LogP contribution in [0.2, 0.25) is 10.2 Å². The van der Waals surface area contributed by atoms with E-state index in [-0.39, 0.29) is 34.5 Å². The number of allylic oxidation sites excluding steroid dienone is 2. The monoisotopic (exact) mass is 621 g/mol. The zero-order valence-corrected chi connectivity index (χ0v) is 24.2. The molecule has 0 radical (unpaired) electrons. The number of carbonyl (C=O) groups is 3. The van der Waals surface area contributed by atoms with Gasteiger partial charge in [0.15, 0.2) is 0 Å². The van der Waals surface area contributed by atoms with Crippen LogP contribution >= 0.6 is 23.2 Å². The summed E-state index contributed by atoms with van der Waals surface area (Å²) < 4.78 is 6.18. The largest absolute Gasteiger partial charge is 0.453 e. The lowest BCUT2D eigenvalue weighted by Crippen LogP contribution is -2.16. The summed E-state index contributed by atoms with van der Waals surface area (Å²) >= 11 is 12.8. The molecule has 13 nitrogen and oxygen atoms in total. The van der Waals surface area contributed by atoms with Gasteiger partial charge < -0.3 is 20.4 Å². The lowest BCUT2D eigenvalue weighted by molar-refractivity contribution is -0.116. The predicted molar refractivity (Wildman–Crippen MR) is 162 cm³/mol. The molecule has 1 aliphatic heterocycles. The number of amides is 3. The molecule has 5 rings (SSSR count). The second-order valence-electron chi connectivity index (χ2n) is 9.29. The molecule has 2 aromatic carbocycles. The Labute approximate surface area is 255 Å². The predicted octanol–water partition coefficient (Wildman–Crippen LogP) is 5.41. The minimum Gasteiger partial charge on any atom is -0.453 e. The van der Waals surface area contributed by atoms with Crippen LogP contribution in [-0.2, 0) is 20.7 Å². The number of halogens is 2. The zero-order chi connectivity index (χ0) is 30.3. The first-order valence-electron chi connectivity index (χ1n) is 13.1. The van der Waals surface area contributed by atoms with E-state index in [1.54, 1.807) is 30.3 Å². The number of nitrogens with zero attached hydrogens (tertiary/aromatic N) is 5. The van der Waals surface area contributed by atoms with Gasteiger partial charge >= 0.3 is 6.09 Å². The number of fused-ring (bicyclic) bond motifs is 4. The van der Waals surface area contributed by atoms with Crippen molar-refractivity contribution < 1.29 is 19.1 Å². The van der Waals surface area contributed by atoms with Gasteiger partial charge in [-0.1, -0.05) is 35.4 Å². The molecule has 0 saturated carbocycles. The van der Waals surface area contributed by atoms with Crippen molar-refractivity contribution in [1.29, 1.82) is 0 Å². The van der Waals surface area contributed by atoms with Crippen LogP contribution in [0.4, 0.5) is 21.9 Å². The summed E-state index contributed by atoms with van der Waals surface area (Å²) in [4.78, 5) is 46.0. The molecule has 220 valence electrons. The molecule has 0 spiro atoms. The third-order valence-electron chi connectivity index (χ3n) is 6.30. The summed E-state index contributed by atoms with van der Waals surface area (Å²) in [5.41, 5.74) is 2.57. The molecular weight excluding hydrogens is 597 g/mol. The summed E-state index contributed by atoms with van der Waals surface area (Å²) in [6, 6.07) is 8.12. The van der Waals surface area contributed by atoms with Crippen molar-refractivity contribution in [2.75, 3.05) is 23.1 Å². The standard InChI is InChI=1S/C28H25Cl2N9O4/c1-43-28(42)32-18-13-19-25(26-27(30)36-22(35-26)6-4-2-3-5-7-23(40)33-19)20(14-18)34-24(41)11-8-16-12-17(29)9-10-21(16)39-15-31-37-38-39/h2-3,8-15H,4-7H2,1H3,(H,32,42)(H,33,40)(H,34,41)(H,35,36). The molecular formula is C28H25Cl2N9O4. The minimum atomic E-state index is -0.741. The van der Waals surface area contributed by atoms with Crippen molar-refractivity contribution >= 4 is 64.2 Å². The molecule has 2 aromatic heterocycles. The third kappa shape index (κ3) is 7.26. The van der Waals surface area contributed by atoms with E-state index in [0.717, 1.165) is 0 Å². The van der Waals surface area contributed by atoms with E-state index >= 15 is 0 Å². The fourth-order valence-electron chi connectivity index (χ4n) is 4.38. The number of benzene rings is 2. The highest BCUT2D eigenvalue weighted by Crippen LogP contribution is 2.41. The van der Waals surface area contributed by atoms with E-state index in [0.29, 0.717) is 52.6 Å². The summed E-state index contributed by atoms with van der Waals surface area (Å²) in [6.07, 6.45) is 9.49. The normalized spacial score (nSPS) is 13.3. The number of anilines is 3. The van der Waals surface area contributed by atoms with E-state index < -0.39 is 12.0 Å². The average Bonchev–Trinajstić information content (AvgIpc) is 3.63. The number of ether oxygens (including phenoxy) is 1. The summed E-state index contributed by atoms with van der Waals surface area (Å²) in [5, 5.41) is 20.2. The van der Waals surface area contributed by atoms with Crippen molar-refractivity contribution in [2.24, 2.45) is 0 Å². The highest BCUT2D eigenvalue weighted by Gasteiger charge is 2.23. The quantitative estimate of drug-likeness (QED) is 0.169. The van der Waals surface area contributed by atoms with E-state index in [9.17, 15) is 14.4 Å². The molecule has 3 heterocycles. The van der Waals surface area contributed by atoms with Gasteiger partial charge in [-0.05, 0) is 59.7 Å². The Morgan fingerprint density at radius 2 is 1.91 bits per heavy atom. The molecule has 0 atom stereocenters. The molecule has 2 bridgehead atoms. The van der Waals surface area contributed by atoms with Gasteiger partial charge in [-0.3, -0.25) is 14.9 Å². The first-order valence-corrected chi connectivity index (χ1v) is 13.8. The number of methoxy groups -OCH3 is 1. The first-order chi connectivity index (χ1) is 20.8. The molecule has 4 N–H and O–H groups in total. The lowest BCUT2D eigenvalue weighted by atomic mass is 10.0. The van der Waals surface area contributed by atoms with Crippen molar-refractivity contribution in [3.8, 4) is 16.9 Å². The number of imidazole rings is 1. The first kappa shape index (κ1) is 29.5. The lowest BCUT2D eigenvalue weighted by Gasteiger charge is -2.18. The molecule has 4 aromatic rings. The van der Waals surface area contributed by atoms with Gasteiger partial charge in [0.1, 0.15) is 23.0 Å². The van der Waals surface area contributed by atoms with Crippen LogP contribution in [0.3, 0.4) is 0 Å². The molecule has 0 aliphatic carbocycles. The van der Waals surface area contributed by atoms with Crippen molar-refractivity contribution in [2.45, 2.75) is 25.7 Å². The van der Waals surface area contributed by atoms with E-state index in [2.05, 4.69) is 41.4 Å². The van der Waals surface area contributed by atoms with Gasteiger partial charge in [-0.15, -0.1) is 5.10 Å². The van der Waals surface area contributed by atoms with Gasteiger partial charge in [0.25, 0.3) is 0 Å². The highest BCUT2D eigenvalue weighted by atomic mass is 35.5. The number of aryl methyl sites for hydroxylation is 1. The van der Waals surface area contributed by atoms with Gasteiger partial charge in [0.2, 0.25) is 11.8 Å². The van der Waals surface area contributed by atoms with Crippen LogP contribution in [0.5, 0.6) is 0 Å². The van der Waals surface area contributed by atoms with Gasteiger partial charge in [0, 0.05) is 35.2 Å². The van der Waals surface area contributed by atoms with Crippen LogP contribution in [-0.4, -0.2) is 55.2 Å². The number of hydrogen-bond donors (Lipinski definition) is 4. The summed E-state index contributed by atoms with van der Waals surface area (Å²) in [6.45, 7) is 0. The Bertz CT molecular complexity index is 1730. The van der Waals surface area contributed by atoms with Crippen LogP contribution in [0.1, 0.15) is 30.7 Å². The van der Waals surface area contributed by atoms with Crippen molar-refractivity contribution in [3.05, 3.63) is 76.5 Å². The summed E-state index contributed by atoms with van der Waals surface area (Å²) in [5.74, 6) is -0.183. The SMILES string of the molecule is COC(=O)Nc1cc(NC(=O)C=Cc2cc(Cl)ccc2-n2cnnn2)c2c(c1)NC(=O)CCC=CCCc1nc-2c(Cl)[nH]1. The van der Waals surface area contributed by atoms with Crippen molar-refractivity contribution in [3.63, 3.8) is 0 Å². The second-order valence-corrected chi connectivity index (χ2v) is 10.1. The topological polar surface area (TPSA) is 169 Å². The number of aromatic nitrogens is 6. The zero-order valence-electron chi connectivity index (χ0n) is 22.7. The second kappa shape index (κ2) is 13.3. The number of tetrazole rings is 1. The number of hydrogen-bond acceptors (Lipinski definition) is 8. The Morgan fingerprint density at radius 1 is 1.09 bits per heavy atom.